The zero-order valence-electron chi connectivity index (χ0n) is 25.2. The monoisotopic (exact) mass is 602 g/mol. The van der Waals surface area contributed by atoms with E-state index in [1.165, 1.54) is 7.11 Å². The molecule has 0 unspecified atom stereocenters. The van der Waals surface area contributed by atoms with Crippen molar-refractivity contribution in [2.24, 2.45) is 0 Å². The minimum atomic E-state index is -0.294. The fraction of sp³-hybridized carbons (Fsp3) is 0.963. The molecule has 0 saturated heterocycles. The average Bonchev–Trinajstić information content (AvgIpc) is 2.98. The Morgan fingerprint density at radius 3 is 0.780 bits per heavy atom. The van der Waals surface area contributed by atoms with Crippen LogP contribution in [-0.4, -0.2) is 172 Å². The van der Waals surface area contributed by atoms with Gasteiger partial charge in [0.2, 0.25) is 0 Å². The van der Waals surface area contributed by atoms with Crippen molar-refractivity contribution < 1.29 is 66.4 Å². The normalized spacial score (nSPS) is 11.4. The van der Waals surface area contributed by atoms with Crippen molar-refractivity contribution in [2.75, 3.05) is 166 Å². The van der Waals surface area contributed by atoms with E-state index in [0.29, 0.717) is 145 Å². The van der Waals surface area contributed by atoms with Gasteiger partial charge >= 0.3 is 5.97 Å². The van der Waals surface area contributed by atoms with Crippen molar-refractivity contribution in [3.8, 4) is 0 Å². The summed E-state index contributed by atoms with van der Waals surface area (Å²) in [5.74, 6) is -0.294. The Balaban J connectivity index is 3.05. The maximum Gasteiger partial charge on any atom is 0.308 e. The summed E-state index contributed by atoms with van der Waals surface area (Å²) in [4.78, 5) is 11.2. The molecule has 0 atom stereocenters. The Hall–Kier alpha value is -1.01. The quantitative estimate of drug-likeness (QED) is 0.0721. The van der Waals surface area contributed by atoms with E-state index in [0.717, 1.165) is 0 Å². The largest absolute Gasteiger partial charge is 0.463 e. The highest BCUT2D eigenvalue weighted by atomic mass is 16.6. The van der Waals surface area contributed by atoms with Crippen molar-refractivity contribution in [3.05, 3.63) is 0 Å². The maximum atomic E-state index is 11.2. The molecular formula is C27H54O14. The number of esters is 1. The van der Waals surface area contributed by atoms with Gasteiger partial charge in [-0.25, -0.2) is 0 Å². The van der Waals surface area contributed by atoms with Crippen LogP contribution in [-0.2, 0) is 66.4 Å². The van der Waals surface area contributed by atoms with E-state index in [2.05, 4.69) is 0 Å². The second-order valence-corrected chi connectivity index (χ2v) is 8.08. The molecule has 0 aromatic carbocycles. The van der Waals surface area contributed by atoms with E-state index in [1.807, 2.05) is 0 Å². The Morgan fingerprint density at radius 1 is 0.317 bits per heavy atom. The number of methoxy groups -OCH3 is 2. The van der Waals surface area contributed by atoms with Gasteiger partial charge in [0.05, 0.1) is 152 Å². The summed E-state index contributed by atoms with van der Waals surface area (Å²) in [5.41, 5.74) is 0. The number of carbonyl (C=O) groups excluding carboxylic acids is 1. The maximum absolute atomic E-state index is 11.2. The van der Waals surface area contributed by atoms with Crippen molar-refractivity contribution in [2.45, 2.75) is 6.42 Å². The Morgan fingerprint density at radius 2 is 0.537 bits per heavy atom. The van der Waals surface area contributed by atoms with E-state index < -0.39 is 0 Å². The molecule has 0 radical (unpaired) electrons. The highest BCUT2D eigenvalue weighted by molar-refractivity contribution is 5.69. The third-order valence-electron chi connectivity index (χ3n) is 4.78. The lowest BCUT2D eigenvalue weighted by Crippen LogP contribution is -2.16. The fourth-order valence-corrected chi connectivity index (χ4v) is 2.70. The zero-order chi connectivity index (χ0) is 29.7. The summed E-state index contributed by atoms with van der Waals surface area (Å²) >= 11 is 0. The molecule has 0 spiro atoms. The lowest BCUT2D eigenvalue weighted by Gasteiger charge is -2.09. The molecule has 0 aliphatic heterocycles. The van der Waals surface area contributed by atoms with Crippen LogP contribution < -0.4 is 0 Å². The van der Waals surface area contributed by atoms with Crippen LogP contribution in [0.2, 0.25) is 0 Å². The predicted octanol–water partition coefficient (Wildman–Crippen LogP) is 0.379. The fourth-order valence-electron chi connectivity index (χ4n) is 2.70. The number of ether oxygens (including phenoxy) is 13. The molecule has 0 heterocycles. The lowest BCUT2D eigenvalue weighted by atomic mass is 10.5. The number of rotatable bonds is 36. The van der Waals surface area contributed by atoms with Crippen molar-refractivity contribution in [1.82, 2.24) is 0 Å². The topological polar surface area (TPSA) is 137 Å². The van der Waals surface area contributed by atoms with Crippen molar-refractivity contribution in [1.29, 1.82) is 0 Å². The Labute approximate surface area is 245 Å². The van der Waals surface area contributed by atoms with Gasteiger partial charge in [-0.3, -0.25) is 4.79 Å². The second kappa shape index (κ2) is 37.0. The molecule has 0 fully saturated rings. The van der Waals surface area contributed by atoms with Gasteiger partial charge in [0.25, 0.3) is 0 Å². The van der Waals surface area contributed by atoms with Gasteiger partial charge < -0.3 is 61.6 Å². The summed E-state index contributed by atoms with van der Waals surface area (Å²) < 4.78 is 68.7. The first-order valence-electron chi connectivity index (χ1n) is 14.2. The van der Waals surface area contributed by atoms with E-state index in [9.17, 15) is 4.79 Å². The van der Waals surface area contributed by atoms with E-state index in [1.54, 1.807) is 7.11 Å². The molecule has 0 aromatic rings. The SMILES string of the molecule is COCCOCCOCCOCCOCCOCCOCCOCCOCCOCCOCCOC(=O)CCOC. The molecule has 0 aromatic heterocycles. The van der Waals surface area contributed by atoms with Gasteiger partial charge in [-0.05, 0) is 0 Å². The molecule has 0 N–H and O–H groups in total. The van der Waals surface area contributed by atoms with Crippen LogP contribution in [0.25, 0.3) is 0 Å². The summed E-state index contributed by atoms with van der Waals surface area (Å²) in [5, 5.41) is 0. The van der Waals surface area contributed by atoms with Gasteiger partial charge in [-0.1, -0.05) is 0 Å². The Bertz CT molecular complexity index is 501. The first-order chi connectivity index (χ1) is 20.3. The molecular weight excluding hydrogens is 548 g/mol. The third kappa shape index (κ3) is 37.0. The first-order valence-corrected chi connectivity index (χ1v) is 14.2. The standard InChI is InChI=1S/C27H54O14/c1-29-4-3-27(28)41-26-25-40-24-23-39-22-21-38-20-19-37-18-17-36-16-15-35-14-13-34-12-11-33-10-9-32-8-7-31-6-5-30-2/h3-26H2,1-2H3. The van der Waals surface area contributed by atoms with Crippen LogP contribution in [0.5, 0.6) is 0 Å². The number of hydrogen-bond acceptors (Lipinski definition) is 14. The molecule has 14 heteroatoms. The van der Waals surface area contributed by atoms with E-state index >= 15 is 0 Å². The van der Waals surface area contributed by atoms with Crippen LogP contribution in [0, 0.1) is 0 Å². The predicted molar refractivity (Wildman–Crippen MR) is 148 cm³/mol. The summed E-state index contributed by atoms with van der Waals surface area (Å²) in [7, 11) is 3.18. The van der Waals surface area contributed by atoms with Crippen molar-refractivity contribution in [3.63, 3.8) is 0 Å². The van der Waals surface area contributed by atoms with Crippen LogP contribution in [0.3, 0.4) is 0 Å². The van der Waals surface area contributed by atoms with Crippen LogP contribution >= 0.6 is 0 Å². The number of hydrogen-bond donors (Lipinski definition) is 0. The highest BCUT2D eigenvalue weighted by Gasteiger charge is 2.01. The van der Waals surface area contributed by atoms with Gasteiger partial charge in [-0.2, -0.15) is 0 Å². The average molecular weight is 603 g/mol. The zero-order valence-corrected chi connectivity index (χ0v) is 25.2. The lowest BCUT2D eigenvalue weighted by molar-refractivity contribution is -0.146. The summed E-state index contributed by atoms with van der Waals surface area (Å²) in [6.45, 7) is 11.1. The van der Waals surface area contributed by atoms with Gasteiger partial charge in [0, 0.05) is 14.2 Å². The smallest absolute Gasteiger partial charge is 0.308 e. The van der Waals surface area contributed by atoms with Gasteiger partial charge in [0.1, 0.15) is 6.61 Å². The highest BCUT2D eigenvalue weighted by Crippen LogP contribution is 1.89. The molecule has 0 saturated carbocycles. The molecule has 0 rings (SSSR count). The van der Waals surface area contributed by atoms with Gasteiger partial charge in [0.15, 0.2) is 0 Å². The summed E-state index contributed by atoms with van der Waals surface area (Å²) in [6.07, 6.45) is 0.246. The molecule has 246 valence electrons. The van der Waals surface area contributed by atoms with Gasteiger partial charge in [-0.15, -0.1) is 0 Å². The van der Waals surface area contributed by atoms with Crippen LogP contribution in [0.1, 0.15) is 6.42 Å². The molecule has 41 heavy (non-hydrogen) atoms. The molecule has 0 aliphatic carbocycles. The van der Waals surface area contributed by atoms with Crippen LogP contribution in [0.15, 0.2) is 0 Å². The molecule has 0 amide bonds. The number of carbonyl (C=O) groups is 1. The molecule has 0 aliphatic rings. The minimum Gasteiger partial charge on any atom is -0.463 e. The second-order valence-electron chi connectivity index (χ2n) is 8.08. The van der Waals surface area contributed by atoms with Crippen LogP contribution in [0.4, 0.5) is 0 Å². The minimum absolute atomic E-state index is 0.225. The third-order valence-corrected chi connectivity index (χ3v) is 4.78. The first kappa shape index (κ1) is 40.0. The Kier molecular flexibility index (Phi) is 36.1. The molecule has 0 bridgehead atoms. The van der Waals surface area contributed by atoms with E-state index in [-0.39, 0.29) is 19.0 Å². The molecule has 14 nitrogen and oxygen atoms in total. The van der Waals surface area contributed by atoms with Crippen molar-refractivity contribution >= 4 is 5.97 Å². The van der Waals surface area contributed by atoms with E-state index in [4.69, 9.17) is 61.6 Å². The summed E-state index contributed by atoms with van der Waals surface area (Å²) in [6, 6.07) is 0.